The summed E-state index contributed by atoms with van der Waals surface area (Å²) in [7, 11) is 0. The van der Waals surface area contributed by atoms with E-state index in [1.165, 1.54) is 11.3 Å². The number of carbonyl (C=O) groups is 1. The maximum atomic E-state index is 12.9. The largest absolute Gasteiger partial charge is 0.506 e. The number of piperidine rings is 1. The van der Waals surface area contributed by atoms with Crippen LogP contribution in [0.15, 0.2) is 52.0 Å². The van der Waals surface area contributed by atoms with Gasteiger partial charge in [0, 0.05) is 21.7 Å². The number of fused-ring (bicyclic) bond motifs is 1. The number of aromatic hydroxyl groups is 1. The number of rotatable bonds is 5. The predicted molar refractivity (Wildman–Crippen MR) is 133 cm³/mol. The van der Waals surface area contributed by atoms with Crippen LogP contribution in [0, 0.1) is 5.92 Å². The van der Waals surface area contributed by atoms with Crippen molar-refractivity contribution >= 4 is 44.5 Å². The maximum Gasteiger partial charge on any atom is 0.260 e. The monoisotopic (exact) mass is 480 g/mol. The molecule has 0 bridgehead atoms. The van der Waals surface area contributed by atoms with Crippen molar-refractivity contribution in [3.05, 3.63) is 63.3 Å². The molecule has 1 aliphatic rings. The van der Waals surface area contributed by atoms with Crippen molar-refractivity contribution in [1.82, 2.24) is 14.9 Å². The number of phenols is 1. The second-order valence-corrected chi connectivity index (χ2v) is 10.1. The standard InChI is InChI=1S/C24H24N4O3S2/c1-14(21-26-23(31)20-16(13-33-24(20)27-21)19-7-4-12-32-19)28-10-8-15(9-11-28)22(30)25-17-5-2-3-6-18(17)29/h2-7,12-15,29H,8-11H2,1H3,(H,25,30)(H,26,27,31)/t14-/m1/s1. The first-order chi connectivity index (χ1) is 16.0. The van der Waals surface area contributed by atoms with Gasteiger partial charge in [-0.15, -0.1) is 22.7 Å². The Kier molecular flexibility index (Phi) is 6.01. The molecule has 0 saturated carbocycles. The quantitative estimate of drug-likeness (QED) is 0.356. The van der Waals surface area contributed by atoms with Gasteiger partial charge >= 0.3 is 0 Å². The average molecular weight is 481 g/mol. The van der Waals surface area contributed by atoms with Crippen molar-refractivity contribution in [3.8, 4) is 16.2 Å². The van der Waals surface area contributed by atoms with Crippen molar-refractivity contribution in [2.45, 2.75) is 25.8 Å². The number of carbonyl (C=O) groups excluding carboxylic acids is 1. The first-order valence-corrected chi connectivity index (χ1v) is 12.7. The highest BCUT2D eigenvalue weighted by Crippen LogP contribution is 2.34. The number of H-pyrrole nitrogens is 1. The number of nitrogens with one attached hydrogen (secondary N) is 2. The van der Waals surface area contributed by atoms with Crippen LogP contribution in [0.5, 0.6) is 5.75 Å². The van der Waals surface area contributed by atoms with Crippen molar-refractivity contribution in [2.75, 3.05) is 18.4 Å². The Morgan fingerprint density at radius 3 is 2.73 bits per heavy atom. The van der Waals surface area contributed by atoms with Crippen LogP contribution < -0.4 is 10.9 Å². The molecule has 7 nitrogen and oxygen atoms in total. The SMILES string of the molecule is C[C@H](c1nc2scc(-c3cccs3)c2c(=O)[nH]1)N1CCC(C(=O)Nc2ccccc2O)CC1. The number of thiophene rings is 2. The molecule has 1 amide bonds. The van der Waals surface area contributed by atoms with Crippen LogP contribution in [-0.4, -0.2) is 39.0 Å². The topological polar surface area (TPSA) is 98.3 Å². The number of nitrogens with zero attached hydrogens (tertiary/aromatic N) is 2. The Labute approximate surface area is 198 Å². The Morgan fingerprint density at radius 1 is 1.21 bits per heavy atom. The van der Waals surface area contributed by atoms with Gasteiger partial charge < -0.3 is 15.4 Å². The molecule has 0 aliphatic carbocycles. The normalized spacial score (nSPS) is 16.2. The van der Waals surface area contributed by atoms with Gasteiger partial charge in [-0.3, -0.25) is 14.5 Å². The van der Waals surface area contributed by atoms with Crippen molar-refractivity contribution in [1.29, 1.82) is 0 Å². The molecule has 3 N–H and O–H groups in total. The zero-order chi connectivity index (χ0) is 22.9. The van der Waals surface area contributed by atoms with E-state index in [0.717, 1.165) is 28.4 Å². The minimum atomic E-state index is -0.117. The molecular formula is C24H24N4O3S2. The number of benzene rings is 1. The van der Waals surface area contributed by atoms with E-state index in [9.17, 15) is 14.7 Å². The van der Waals surface area contributed by atoms with Gasteiger partial charge in [-0.2, -0.15) is 0 Å². The summed E-state index contributed by atoms with van der Waals surface area (Å²) in [6.07, 6.45) is 1.41. The zero-order valence-electron chi connectivity index (χ0n) is 18.1. The lowest BCUT2D eigenvalue weighted by Crippen LogP contribution is -2.40. The third-order valence-corrected chi connectivity index (χ3v) is 8.03. The van der Waals surface area contributed by atoms with Crippen LogP contribution in [0.1, 0.15) is 31.6 Å². The van der Waals surface area contributed by atoms with E-state index < -0.39 is 0 Å². The van der Waals surface area contributed by atoms with Crippen molar-refractivity contribution < 1.29 is 9.90 Å². The second-order valence-electron chi connectivity index (χ2n) is 8.25. The van der Waals surface area contributed by atoms with E-state index in [0.29, 0.717) is 29.7 Å². The van der Waals surface area contributed by atoms with Crippen molar-refractivity contribution in [2.24, 2.45) is 5.92 Å². The summed E-state index contributed by atoms with van der Waals surface area (Å²) in [6, 6.07) is 10.7. The summed E-state index contributed by atoms with van der Waals surface area (Å²) in [5.74, 6) is 0.534. The van der Waals surface area contributed by atoms with E-state index in [1.54, 1.807) is 35.6 Å². The zero-order valence-corrected chi connectivity index (χ0v) is 19.7. The number of anilines is 1. The molecule has 1 atom stereocenters. The third kappa shape index (κ3) is 4.31. The lowest BCUT2D eigenvalue weighted by Gasteiger charge is -2.35. The summed E-state index contributed by atoms with van der Waals surface area (Å²) in [5, 5.41) is 17.4. The predicted octanol–water partition coefficient (Wildman–Crippen LogP) is 4.83. The van der Waals surface area contributed by atoms with Crippen LogP contribution in [0.3, 0.4) is 0 Å². The van der Waals surface area contributed by atoms with Gasteiger partial charge in [0.25, 0.3) is 5.56 Å². The fourth-order valence-electron chi connectivity index (χ4n) is 4.31. The number of likely N-dealkylation sites (tertiary alicyclic amines) is 1. The van der Waals surface area contributed by atoms with Gasteiger partial charge in [0.1, 0.15) is 16.4 Å². The molecule has 4 heterocycles. The number of hydrogen-bond donors (Lipinski definition) is 3. The molecule has 1 saturated heterocycles. The number of aromatic nitrogens is 2. The first-order valence-electron chi connectivity index (χ1n) is 10.9. The molecule has 33 heavy (non-hydrogen) atoms. The van der Waals surface area contributed by atoms with E-state index in [-0.39, 0.29) is 29.2 Å². The van der Waals surface area contributed by atoms with Gasteiger partial charge in [0.2, 0.25) is 5.91 Å². The summed E-state index contributed by atoms with van der Waals surface area (Å²) in [5.41, 5.74) is 1.27. The lowest BCUT2D eigenvalue weighted by molar-refractivity contribution is -0.121. The van der Waals surface area contributed by atoms with Crippen LogP contribution in [-0.2, 0) is 4.79 Å². The number of para-hydroxylation sites is 2. The number of hydrogen-bond acceptors (Lipinski definition) is 7. The van der Waals surface area contributed by atoms with Gasteiger partial charge in [-0.05, 0) is 56.4 Å². The molecule has 1 fully saturated rings. The van der Waals surface area contributed by atoms with E-state index in [2.05, 4.69) is 15.2 Å². The second kappa shape index (κ2) is 9.09. The molecule has 3 aromatic heterocycles. The summed E-state index contributed by atoms with van der Waals surface area (Å²) < 4.78 is 0. The minimum absolute atomic E-state index is 0.0587. The lowest BCUT2D eigenvalue weighted by atomic mass is 9.94. The van der Waals surface area contributed by atoms with Crippen LogP contribution in [0.25, 0.3) is 20.7 Å². The molecule has 5 rings (SSSR count). The van der Waals surface area contributed by atoms with E-state index in [1.807, 2.05) is 29.8 Å². The fraction of sp³-hybridized carbons (Fsp3) is 0.292. The van der Waals surface area contributed by atoms with E-state index >= 15 is 0 Å². The first kappa shape index (κ1) is 21.8. The Balaban J connectivity index is 1.27. The molecule has 1 aromatic carbocycles. The summed E-state index contributed by atoms with van der Waals surface area (Å²) in [6.45, 7) is 3.50. The van der Waals surface area contributed by atoms with Gasteiger partial charge in [-0.1, -0.05) is 18.2 Å². The third-order valence-electron chi connectivity index (χ3n) is 6.25. The highest BCUT2D eigenvalue weighted by Gasteiger charge is 2.29. The Bertz CT molecular complexity index is 1340. The molecule has 9 heteroatoms. The maximum absolute atomic E-state index is 12.9. The van der Waals surface area contributed by atoms with Gasteiger partial charge in [-0.25, -0.2) is 4.98 Å². The molecule has 1 aliphatic heterocycles. The van der Waals surface area contributed by atoms with Crippen LogP contribution >= 0.6 is 22.7 Å². The fourth-order valence-corrected chi connectivity index (χ4v) is 6.08. The highest BCUT2D eigenvalue weighted by atomic mass is 32.1. The molecular weight excluding hydrogens is 456 g/mol. The number of amides is 1. The smallest absolute Gasteiger partial charge is 0.260 e. The van der Waals surface area contributed by atoms with Crippen molar-refractivity contribution in [3.63, 3.8) is 0 Å². The molecule has 0 radical (unpaired) electrons. The van der Waals surface area contributed by atoms with Crippen LogP contribution in [0.2, 0.25) is 0 Å². The molecule has 0 spiro atoms. The Hall–Kier alpha value is -3.01. The molecule has 170 valence electrons. The van der Waals surface area contributed by atoms with Crippen LogP contribution in [0.4, 0.5) is 5.69 Å². The molecule has 0 unspecified atom stereocenters. The van der Waals surface area contributed by atoms with E-state index in [4.69, 9.17) is 4.98 Å². The summed E-state index contributed by atoms with van der Waals surface area (Å²) in [4.78, 5) is 37.4. The average Bonchev–Trinajstić information content (AvgIpc) is 3.50. The van der Waals surface area contributed by atoms with Gasteiger partial charge in [0.05, 0.1) is 17.1 Å². The molecule has 4 aromatic rings. The van der Waals surface area contributed by atoms with Gasteiger partial charge in [0.15, 0.2) is 0 Å². The minimum Gasteiger partial charge on any atom is -0.506 e. The summed E-state index contributed by atoms with van der Waals surface area (Å²) >= 11 is 3.11. The Morgan fingerprint density at radius 2 is 2.00 bits per heavy atom. The number of phenolic OH excluding ortho intramolecular Hbond substituents is 1. The highest BCUT2D eigenvalue weighted by molar-refractivity contribution is 7.18. The number of aromatic amines is 1.